The Bertz CT molecular complexity index is 433. The number of anilines is 1. The molecule has 1 aromatic carbocycles. The first kappa shape index (κ1) is 8.96. The van der Waals surface area contributed by atoms with Crippen LogP contribution in [0.3, 0.4) is 0 Å². The monoisotopic (exact) mass is 206 g/mol. The summed E-state index contributed by atoms with van der Waals surface area (Å²) >= 11 is 1.48. The van der Waals surface area contributed by atoms with Gasteiger partial charge >= 0.3 is 0 Å². The number of rotatable bonds is 3. The number of amides is 1. The molecule has 0 spiro atoms. The van der Waals surface area contributed by atoms with Crippen molar-refractivity contribution < 1.29 is 4.79 Å². The molecule has 0 unspecified atom stereocenters. The molecule has 0 saturated heterocycles. The number of benzene rings is 1. The van der Waals surface area contributed by atoms with E-state index in [0.29, 0.717) is 5.13 Å². The van der Waals surface area contributed by atoms with Crippen molar-refractivity contribution in [2.24, 2.45) is 0 Å². The number of para-hydroxylation sites is 1. The number of hydrogen-bond donors (Lipinski definition) is 1. The van der Waals surface area contributed by atoms with Crippen LogP contribution in [0.15, 0.2) is 24.3 Å². The predicted molar refractivity (Wildman–Crippen MR) is 56.2 cm³/mol. The number of nitrogens with one attached hydrogen (secondary N) is 2. The van der Waals surface area contributed by atoms with Crippen LogP contribution in [0.5, 0.6) is 0 Å². The van der Waals surface area contributed by atoms with Gasteiger partial charge in [0.1, 0.15) is 0 Å². The summed E-state index contributed by atoms with van der Waals surface area (Å²) in [5.74, 6) is -0.635. The Morgan fingerprint density at radius 1 is 1.50 bits per heavy atom. The van der Waals surface area contributed by atoms with Crippen LogP contribution in [0.4, 0.5) is 5.13 Å². The lowest BCUT2D eigenvalue weighted by Crippen LogP contribution is -2.13. The zero-order valence-corrected chi connectivity index (χ0v) is 8.10. The highest BCUT2D eigenvalue weighted by Gasteiger charge is 2.02. The van der Waals surface area contributed by atoms with Crippen molar-refractivity contribution in [2.75, 3.05) is 11.9 Å². The van der Waals surface area contributed by atoms with E-state index in [9.17, 15) is 4.79 Å². The number of aromatic nitrogens is 1. The van der Waals surface area contributed by atoms with E-state index in [4.69, 9.17) is 5.73 Å². The minimum absolute atomic E-state index is 0.0137. The van der Waals surface area contributed by atoms with Crippen molar-refractivity contribution in [3.8, 4) is 0 Å². The zero-order valence-electron chi connectivity index (χ0n) is 7.28. The molecule has 14 heavy (non-hydrogen) atoms. The summed E-state index contributed by atoms with van der Waals surface area (Å²) in [6.45, 7) is 0.0137. The smallest absolute Gasteiger partial charge is 0.257 e. The van der Waals surface area contributed by atoms with Crippen LogP contribution in [0.25, 0.3) is 10.2 Å². The van der Waals surface area contributed by atoms with E-state index >= 15 is 0 Å². The third-order valence-electron chi connectivity index (χ3n) is 1.69. The van der Waals surface area contributed by atoms with Gasteiger partial charge in [-0.1, -0.05) is 23.5 Å². The van der Waals surface area contributed by atoms with Gasteiger partial charge in [0.2, 0.25) is 0 Å². The summed E-state index contributed by atoms with van der Waals surface area (Å²) in [4.78, 5) is 14.7. The van der Waals surface area contributed by atoms with Gasteiger partial charge in [-0.25, -0.2) is 4.98 Å². The van der Waals surface area contributed by atoms with E-state index in [1.54, 1.807) is 0 Å². The fourth-order valence-corrected chi connectivity index (χ4v) is 1.97. The molecule has 0 bridgehead atoms. The molecule has 0 fully saturated rings. The number of carbonyl (C=O) groups excluding carboxylic acids is 1. The second-order valence-corrected chi connectivity index (χ2v) is 3.79. The Hall–Kier alpha value is -1.62. The first-order valence-electron chi connectivity index (χ1n) is 4.09. The summed E-state index contributed by atoms with van der Waals surface area (Å²) in [6.07, 6.45) is 0. The fraction of sp³-hybridized carbons (Fsp3) is 0.111. The Balaban J connectivity index is 2.22. The van der Waals surface area contributed by atoms with Crippen molar-refractivity contribution in [1.29, 1.82) is 0 Å². The van der Waals surface area contributed by atoms with Crippen molar-refractivity contribution in [3.63, 3.8) is 0 Å². The molecule has 2 aromatic rings. The normalized spacial score (nSPS) is 10.3. The number of thiazole rings is 1. The van der Waals surface area contributed by atoms with Gasteiger partial charge in [0, 0.05) is 0 Å². The maximum Gasteiger partial charge on any atom is 0.257 e. The van der Waals surface area contributed by atoms with E-state index < -0.39 is 5.91 Å². The quantitative estimate of drug-likeness (QED) is 0.827. The van der Waals surface area contributed by atoms with E-state index in [0.717, 1.165) is 10.2 Å². The van der Waals surface area contributed by atoms with Crippen LogP contribution in [0, 0.1) is 0 Å². The van der Waals surface area contributed by atoms with Crippen LogP contribution < -0.4 is 11.1 Å². The lowest BCUT2D eigenvalue weighted by atomic mass is 10.3. The summed E-state index contributed by atoms with van der Waals surface area (Å²) in [7, 11) is 0. The zero-order chi connectivity index (χ0) is 9.97. The lowest BCUT2D eigenvalue weighted by molar-refractivity contribution is -0.117. The number of nitrogens with zero attached hydrogens (tertiary/aromatic N) is 1. The van der Waals surface area contributed by atoms with Gasteiger partial charge < -0.3 is 5.32 Å². The van der Waals surface area contributed by atoms with Crippen LogP contribution >= 0.6 is 11.3 Å². The first-order valence-corrected chi connectivity index (χ1v) is 4.91. The molecule has 4 nitrogen and oxygen atoms in total. The summed E-state index contributed by atoms with van der Waals surface area (Å²) in [6, 6.07) is 7.75. The Morgan fingerprint density at radius 3 is 3.00 bits per heavy atom. The van der Waals surface area contributed by atoms with Crippen LogP contribution in [-0.2, 0) is 4.79 Å². The van der Waals surface area contributed by atoms with E-state index in [1.165, 1.54) is 11.3 Å². The molecule has 1 heterocycles. The third kappa shape index (κ3) is 1.82. The molecule has 2 N–H and O–H groups in total. The maximum atomic E-state index is 10.4. The molecule has 1 radical (unpaired) electrons. The highest BCUT2D eigenvalue weighted by molar-refractivity contribution is 7.22. The lowest BCUT2D eigenvalue weighted by Gasteiger charge is -1.94. The molecular formula is C9H8N3OS. The van der Waals surface area contributed by atoms with Gasteiger partial charge in [-0.05, 0) is 12.1 Å². The minimum atomic E-state index is -0.635. The standard InChI is InChI=1S/C9H8N3OS/c10-8(13)5-11-9-12-6-3-1-2-4-7(6)14-9/h1-4,10H,5H2,(H,11,12). The third-order valence-corrected chi connectivity index (χ3v) is 2.69. The summed E-state index contributed by atoms with van der Waals surface area (Å²) in [5.41, 5.74) is 7.65. The molecule has 5 heteroatoms. The number of hydrogen-bond acceptors (Lipinski definition) is 4. The molecule has 0 atom stereocenters. The Labute approximate surface area is 84.8 Å². The second-order valence-electron chi connectivity index (χ2n) is 2.76. The van der Waals surface area contributed by atoms with E-state index in [2.05, 4.69) is 10.3 Å². The number of fused-ring (bicyclic) bond motifs is 1. The van der Waals surface area contributed by atoms with Crippen molar-refractivity contribution in [2.45, 2.75) is 0 Å². The fourth-order valence-electron chi connectivity index (χ4n) is 1.10. The van der Waals surface area contributed by atoms with Crippen LogP contribution in [0.2, 0.25) is 0 Å². The molecule has 0 aliphatic heterocycles. The Kier molecular flexibility index (Phi) is 2.32. The molecule has 1 aromatic heterocycles. The largest absolute Gasteiger partial charge is 0.352 e. The van der Waals surface area contributed by atoms with Gasteiger partial charge in [-0.3, -0.25) is 10.5 Å². The van der Waals surface area contributed by atoms with Gasteiger partial charge in [0.25, 0.3) is 5.91 Å². The predicted octanol–water partition coefficient (Wildman–Crippen LogP) is 1.52. The second kappa shape index (κ2) is 3.63. The van der Waals surface area contributed by atoms with Crippen molar-refractivity contribution in [1.82, 2.24) is 10.7 Å². The summed E-state index contributed by atoms with van der Waals surface area (Å²) < 4.78 is 1.08. The number of carbonyl (C=O) groups is 1. The molecule has 0 aliphatic carbocycles. The van der Waals surface area contributed by atoms with Crippen LogP contribution in [0.1, 0.15) is 0 Å². The van der Waals surface area contributed by atoms with Gasteiger partial charge in [-0.15, -0.1) is 0 Å². The topological polar surface area (TPSA) is 65.8 Å². The van der Waals surface area contributed by atoms with Crippen LogP contribution in [-0.4, -0.2) is 17.4 Å². The maximum absolute atomic E-state index is 10.4. The van der Waals surface area contributed by atoms with E-state index in [-0.39, 0.29) is 6.54 Å². The highest BCUT2D eigenvalue weighted by atomic mass is 32.1. The highest BCUT2D eigenvalue weighted by Crippen LogP contribution is 2.24. The minimum Gasteiger partial charge on any atom is -0.352 e. The van der Waals surface area contributed by atoms with Crippen molar-refractivity contribution in [3.05, 3.63) is 24.3 Å². The SMILES string of the molecule is [NH]C(=O)CNc1nc2ccccc2s1. The Morgan fingerprint density at radius 2 is 2.29 bits per heavy atom. The van der Waals surface area contributed by atoms with E-state index in [1.807, 2.05) is 24.3 Å². The average Bonchev–Trinajstić information content (AvgIpc) is 2.57. The average molecular weight is 206 g/mol. The molecular weight excluding hydrogens is 198 g/mol. The molecule has 71 valence electrons. The first-order chi connectivity index (χ1) is 6.75. The van der Waals surface area contributed by atoms with Gasteiger partial charge in [0.05, 0.1) is 16.8 Å². The molecule has 0 aliphatic rings. The molecule has 1 amide bonds. The van der Waals surface area contributed by atoms with Crippen molar-refractivity contribution >= 4 is 32.6 Å². The van der Waals surface area contributed by atoms with Gasteiger partial charge in [0.15, 0.2) is 5.13 Å². The molecule has 0 saturated carbocycles. The summed E-state index contributed by atoms with van der Waals surface area (Å²) in [5, 5.41) is 3.49. The molecule has 2 rings (SSSR count). The van der Waals surface area contributed by atoms with Gasteiger partial charge in [-0.2, -0.15) is 0 Å².